The number of anilines is 2. The van der Waals surface area contributed by atoms with E-state index in [4.69, 9.17) is 22.1 Å². The molecule has 0 amide bonds. The van der Waals surface area contributed by atoms with Crippen molar-refractivity contribution in [2.75, 3.05) is 24.7 Å². The van der Waals surface area contributed by atoms with Crippen LogP contribution in [0, 0.1) is 0 Å². The van der Waals surface area contributed by atoms with Crippen molar-refractivity contribution in [2.45, 2.75) is 12.8 Å². The molecule has 0 saturated heterocycles. The highest BCUT2D eigenvalue weighted by atomic mass is 35.5. The lowest BCUT2D eigenvalue weighted by Crippen LogP contribution is -2.02. The van der Waals surface area contributed by atoms with Gasteiger partial charge < -0.3 is 15.8 Å². The summed E-state index contributed by atoms with van der Waals surface area (Å²) in [4.78, 5) is 12.0. The molecule has 24 heavy (non-hydrogen) atoms. The van der Waals surface area contributed by atoms with Crippen LogP contribution in [0.5, 0.6) is 0 Å². The molecule has 1 aliphatic heterocycles. The molecule has 0 aliphatic carbocycles. The Balaban J connectivity index is 2.28. The van der Waals surface area contributed by atoms with Gasteiger partial charge in [-0.3, -0.25) is 4.79 Å². The normalized spacial score (nSPS) is 15.8. The highest BCUT2D eigenvalue weighted by Crippen LogP contribution is 2.36. The quantitative estimate of drug-likeness (QED) is 0.503. The van der Waals surface area contributed by atoms with Crippen molar-refractivity contribution in [3.8, 4) is 0 Å². The van der Waals surface area contributed by atoms with E-state index in [1.165, 1.54) is 0 Å². The summed E-state index contributed by atoms with van der Waals surface area (Å²) in [6.07, 6.45) is 2.60. The largest absolute Gasteiger partial charge is 0.492 e. The minimum Gasteiger partial charge on any atom is -0.492 e. The average molecular weight is 343 g/mol. The first-order chi connectivity index (χ1) is 11.6. The first kappa shape index (κ1) is 16.4. The van der Waals surface area contributed by atoms with Crippen LogP contribution < -0.4 is 11.1 Å². The zero-order valence-corrected chi connectivity index (χ0v) is 14.2. The van der Waals surface area contributed by atoms with Crippen LogP contribution >= 0.6 is 11.6 Å². The van der Waals surface area contributed by atoms with E-state index in [2.05, 4.69) is 5.32 Å². The maximum absolute atomic E-state index is 12.0. The number of halogens is 1. The van der Waals surface area contributed by atoms with Crippen molar-refractivity contribution in [3.63, 3.8) is 0 Å². The summed E-state index contributed by atoms with van der Waals surface area (Å²) in [7, 11) is 1.81. The Morgan fingerprint density at radius 2 is 2.12 bits per heavy atom. The fraction of sp³-hybridized carbons (Fsp3) is 0.211. The van der Waals surface area contributed by atoms with Crippen molar-refractivity contribution in [1.82, 2.24) is 0 Å². The summed E-state index contributed by atoms with van der Waals surface area (Å²) in [6.45, 7) is 0.552. The van der Waals surface area contributed by atoms with Crippen LogP contribution in [0.15, 0.2) is 36.4 Å². The van der Waals surface area contributed by atoms with Gasteiger partial charge in [-0.15, -0.1) is 0 Å². The summed E-state index contributed by atoms with van der Waals surface area (Å²) in [5.74, 6) is 0.559. The van der Waals surface area contributed by atoms with E-state index in [0.717, 1.165) is 35.9 Å². The van der Waals surface area contributed by atoms with E-state index in [-0.39, 0.29) is 0 Å². The second kappa shape index (κ2) is 6.97. The third-order valence-corrected chi connectivity index (χ3v) is 4.35. The summed E-state index contributed by atoms with van der Waals surface area (Å²) in [6, 6.07) is 11.1. The molecule has 1 heterocycles. The number of fused-ring (bicyclic) bond motifs is 1. The van der Waals surface area contributed by atoms with Gasteiger partial charge in [0, 0.05) is 34.6 Å². The van der Waals surface area contributed by atoms with Crippen LogP contribution in [0.2, 0.25) is 5.02 Å². The zero-order chi connectivity index (χ0) is 17.1. The van der Waals surface area contributed by atoms with Crippen LogP contribution in [-0.4, -0.2) is 19.9 Å². The minimum absolute atomic E-state index is 0.468. The monoisotopic (exact) mass is 342 g/mol. The summed E-state index contributed by atoms with van der Waals surface area (Å²) < 4.78 is 5.95. The SMILES string of the molecule is CNc1ccc(Cl)cc1/C(C=O)=C1\OCCCc2ccc(N)cc21. The summed E-state index contributed by atoms with van der Waals surface area (Å²) in [5.41, 5.74) is 10.6. The number of carbonyl (C=O) groups is 1. The number of ether oxygens (including phenoxy) is 1. The Morgan fingerprint density at radius 3 is 2.88 bits per heavy atom. The van der Waals surface area contributed by atoms with Crippen molar-refractivity contribution in [2.24, 2.45) is 0 Å². The maximum Gasteiger partial charge on any atom is 0.154 e. The Bertz CT molecular complexity index is 815. The maximum atomic E-state index is 12.0. The minimum atomic E-state index is 0.468. The Morgan fingerprint density at radius 1 is 1.29 bits per heavy atom. The number of nitrogen functional groups attached to an aromatic ring is 1. The molecule has 0 aromatic heterocycles. The molecule has 1 aliphatic rings. The molecular weight excluding hydrogens is 324 g/mol. The Hall–Kier alpha value is -2.46. The molecule has 5 heteroatoms. The molecule has 124 valence electrons. The topological polar surface area (TPSA) is 64.3 Å². The lowest BCUT2D eigenvalue weighted by atomic mass is 9.96. The van der Waals surface area contributed by atoms with E-state index in [1.807, 2.05) is 24.3 Å². The smallest absolute Gasteiger partial charge is 0.154 e. The van der Waals surface area contributed by atoms with Gasteiger partial charge in [-0.2, -0.15) is 0 Å². The first-order valence-corrected chi connectivity index (χ1v) is 8.20. The number of nitrogens with one attached hydrogen (secondary N) is 1. The van der Waals surface area contributed by atoms with E-state index in [0.29, 0.717) is 34.2 Å². The lowest BCUT2D eigenvalue weighted by molar-refractivity contribution is -0.103. The van der Waals surface area contributed by atoms with Gasteiger partial charge in [0.05, 0.1) is 12.2 Å². The van der Waals surface area contributed by atoms with E-state index < -0.39 is 0 Å². The molecule has 0 spiro atoms. The molecule has 0 radical (unpaired) electrons. The fourth-order valence-corrected chi connectivity index (χ4v) is 3.13. The van der Waals surface area contributed by atoms with Gasteiger partial charge in [-0.1, -0.05) is 17.7 Å². The number of nitrogens with two attached hydrogens (primary N) is 1. The van der Waals surface area contributed by atoms with E-state index in [1.54, 1.807) is 19.2 Å². The highest BCUT2D eigenvalue weighted by molar-refractivity contribution is 6.31. The standard InChI is InChI=1S/C19H19ClN2O2/c1-22-18-7-5-13(20)9-16(18)17(11-23)19-15-10-14(21)6-4-12(15)3-2-8-24-19/h4-7,9-11,22H,2-3,8,21H2,1H3/b19-17-. The first-order valence-electron chi connectivity index (χ1n) is 7.82. The van der Waals surface area contributed by atoms with Gasteiger partial charge in [-0.25, -0.2) is 0 Å². The molecule has 0 atom stereocenters. The second-order valence-electron chi connectivity index (χ2n) is 5.67. The van der Waals surface area contributed by atoms with Gasteiger partial charge in [0.25, 0.3) is 0 Å². The lowest BCUT2D eigenvalue weighted by Gasteiger charge is -2.16. The number of aldehydes is 1. The van der Waals surface area contributed by atoms with E-state index in [9.17, 15) is 4.79 Å². The number of rotatable bonds is 3. The molecule has 2 aromatic carbocycles. The van der Waals surface area contributed by atoms with Crippen molar-refractivity contribution in [3.05, 3.63) is 58.1 Å². The molecule has 3 N–H and O–H groups in total. The number of allylic oxidation sites excluding steroid dienone is 1. The third kappa shape index (κ3) is 3.10. The van der Waals surface area contributed by atoms with Gasteiger partial charge in [-0.05, 0) is 48.7 Å². The van der Waals surface area contributed by atoms with Gasteiger partial charge in [0.2, 0.25) is 0 Å². The molecule has 3 rings (SSSR count). The Kier molecular flexibility index (Phi) is 4.76. The molecule has 4 nitrogen and oxygen atoms in total. The summed E-state index contributed by atoms with van der Waals surface area (Å²) in [5, 5.41) is 3.66. The molecular formula is C19H19ClN2O2. The predicted octanol–water partition coefficient (Wildman–Crippen LogP) is 3.99. The highest BCUT2D eigenvalue weighted by Gasteiger charge is 2.21. The second-order valence-corrected chi connectivity index (χ2v) is 6.11. The number of aryl methyl sites for hydroxylation is 1. The molecule has 0 bridgehead atoms. The van der Waals surface area contributed by atoms with Crippen LogP contribution in [0.25, 0.3) is 11.3 Å². The zero-order valence-electron chi connectivity index (χ0n) is 13.4. The molecule has 0 fully saturated rings. The van der Waals surface area contributed by atoms with Crippen LogP contribution in [0.4, 0.5) is 11.4 Å². The molecule has 2 aromatic rings. The van der Waals surface area contributed by atoms with Gasteiger partial charge in [0.15, 0.2) is 6.29 Å². The Labute approximate surface area is 146 Å². The summed E-state index contributed by atoms with van der Waals surface area (Å²) >= 11 is 6.14. The van der Waals surface area contributed by atoms with Crippen LogP contribution in [-0.2, 0) is 16.0 Å². The van der Waals surface area contributed by atoms with Gasteiger partial charge in [0.1, 0.15) is 5.76 Å². The number of hydrogen-bond acceptors (Lipinski definition) is 4. The average Bonchev–Trinajstić information content (AvgIpc) is 2.78. The molecule has 0 unspecified atom stereocenters. The van der Waals surface area contributed by atoms with Crippen molar-refractivity contribution >= 4 is 40.6 Å². The van der Waals surface area contributed by atoms with Crippen molar-refractivity contribution in [1.29, 1.82) is 0 Å². The molecule has 0 saturated carbocycles. The fourth-order valence-electron chi connectivity index (χ4n) is 2.96. The predicted molar refractivity (Wildman–Crippen MR) is 99.0 cm³/mol. The number of hydrogen-bond donors (Lipinski definition) is 2. The van der Waals surface area contributed by atoms with Crippen LogP contribution in [0.3, 0.4) is 0 Å². The van der Waals surface area contributed by atoms with Gasteiger partial charge >= 0.3 is 0 Å². The number of benzene rings is 2. The van der Waals surface area contributed by atoms with Crippen molar-refractivity contribution < 1.29 is 9.53 Å². The third-order valence-electron chi connectivity index (χ3n) is 4.12. The number of carbonyl (C=O) groups excluding carboxylic acids is 1. The van der Waals surface area contributed by atoms with Crippen LogP contribution in [0.1, 0.15) is 23.1 Å². The van der Waals surface area contributed by atoms with E-state index >= 15 is 0 Å².